The first-order valence-corrected chi connectivity index (χ1v) is 11.7. The molecule has 2 aliphatic rings. The van der Waals surface area contributed by atoms with Gasteiger partial charge in [-0.15, -0.1) is 0 Å². The Balaban J connectivity index is 1.72. The number of imide groups is 1. The minimum Gasteiger partial charge on any atom is -0.292 e. The summed E-state index contributed by atoms with van der Waals surface area (Å²) in [5, 5.41) is 2.25. The Morgan fingerprint density at radius 3 is 2.15 bits per heavy atom. The van der Waals surface area contributed by atoms with E-state index in [1.807, 2.05) is 19.9 Å². The van der Waals surface area contributed by atoms with Gasteiger partial charge in [-0.2, -0.15) is 5.01 Å². The Morgan fingerprint density at radius 2 is 1.58 bits per heavy atom. The van der Waals surface area contributed by atoms with Crippen molar-refractivity contribution < 1.29 is 19.2 Å². The molecular weight excluding hydrogens is 463 g/mol. The van der Waals surface area contributed by atoms with Crippen molar-refractivity contribution in [3.05, 3.63) is 68.7 Å². The van der Waals surface area contributed by atoms with Crippen LogP contribution in [-0.2, 0) is 9.59 Å². The molecule has 0 N–H and O–H groups in total. The van der Waals surface area contributed by atoms with Gasteiger partial charge >= 0.3 is 0 Å². The lowest BCUT2D eigenvalue weighted by Crippen LogP contribution is -2.52. The average molecular weight is 487 g/mol. The van der Waals surface area contributed by atoms with E-state index in [1.54, 1.807) is 12.1 Å². The van der Waals surface area contributed by atoms with Crippen molar-refractivity contribution in [1.29, 1.82) is 0 Å². The van der Waals surface area contributed by atoms with Crippen LogP contribution in [0.1, 0.15) is 57.5 Å². The van der Waals surface area contributed by atoms with E-state index in [0.29, 0.717) is 23.4 Å². The summed E-state index contributed by atoms with van der Waals surface area (Å²) in [5.74, 6) is -2.87. The average Bonchev–Trinajstić information content (AvgIpc) is 3.04. The lowest BCUT2D eigenvalue weighted by molar-refractivity contribution is -0.154. The van der Waals surface area contributed by atoms with Gasteiger partial charge < -0.3 is 0 Å². The SMILES string of the molecule is Cc1ccc(C(=O)CN(C(=O)c2ccc(Cl)cc2Cl)N2C(=O)[C@H]3CCCC[C@H]3C2=O)cc1C. The van der Waals surface area contributed by atoms with E-state index in [2.05, 4.69) is 0 Å². The number of ketones is 1. The van der Waals surface area contributed by atoms with Gasteiger partial charge in [0, 0.05) is 10.6 Å². The van der Waals surface area contributed by atoms with Gasteiger partial charge in [0.05, 0.1) is 22.4 Å². The van der Waals surface area contributed by atoms with Crippen LogP contribution in [0.2, 0.25) is 10.0 Å². The van der Waals surface area contributed by atoms with Gasteiger partial charge in [0.2, 0.25) is 0 Å². The highest BCUT2D eigenvalue weighted by molar-refractivity contribution is 6.36. The number of benzene rings is 2. The number of rotatable bonds is 5. The van der Waals surface area contributed by atoms with Gasteiger partial charge in [0.25, 0.3) is 17.7 Å². The molecule has 1 heterocycles. The number of nitrogens with zero attached hydrogens (tertiary/aromatic N) is 2. The Hall–Kier alpha value is -2.70. The molecule has 1 aliphatic carbocycles. The number of Topliss-reactive ketones (excluding diaryl/α,β-unsaturated/α-hetero) is 1. The van der Waals surface area contributed by atoms with E-state index in [1.165, 1.54) is 18.2 Å². The van der Waals surface area contributed by atoms with Crippen molar-refractivity contribution in [2.45, 2.75) is 39.5 Å². The Kier molecular flexibility index (Phi) is 6.59. The molecule has 1 saturated carbocycles. The molecule has 0 spiro atoms. The number of hydrogen-bond donors (Lipinski definition) is 0. The molecule has 4 rings (SSSR count). The molecule has 0 unspecified atom stereocenters. The van der Waals surface area contributed by atoms with Crippen molar-refractivity contribution in [3.63, 3.8) is 0 Å². The molecule has 33 heavy (non-hydrogen) atoms. The molecule has 6 nitrogen and oxygen atoms in total. The molecule has 2 aromatic rings. The molecule has 3 amide bonds. The maximum atomic E-state index is 13.5. The molecule has 0 radical (unpaired) electrons. The first kappa shape index (κ1) is 23.5. The minimum absolute atomic E-state index is 0.0597. The van der Waals surface area contributed by atoms with Gasteiger partial charge in [0.15, 0.2) is 5.78 Å². The molecule has 172 valence electrons. The highest BCUT2D eigenvalue weighted by atomic mass is 35.5. The van der Waals surface area contributed by atoms with Crippen LogP contribution in [0.4, 0.5) is 0 Å². The zero-order valence-corrected chi connectivity index (χ0v) is 19.9. The molecule has 0 aromatic heterocycles. The summed E-state index contributed by atoms with van der Waals surface area (Å²) < 4.78 is 0. The number of carbonyl (C=O) groups is 4. The fraction of sp³-hybridized carbons (Fsp3) is 0.360. The number of amides is 3. The van der Waals surface area contributed by atoms with Crippen LogP contribution in [-0.4, -0.2) is 40.1 Å². The highest BCUT2D eigenvalue weighted by Gasteiger charge is 2.52. The smallest absolute Gasteiger partial charge is 0.274 e. The molecule has 1 saturated heterocycles. The van der Waals surface area contributed by atoms with E-state index in [-0.39, 0.29) is 16.4 Å². The summed E-state index contributed by atoms with van der Waals surface area (Å²) in [6, 6.07) is 9.58. The minimum atomic E-state index is -0.700. The van der Waals surface area contributed by atoms with Crippen LogP contribution in [0.25, 0.3) is 0 Å². The third-order valence-corrected chi connectivity index (χ3v) is 7.13. The third-order valence-electron chi connectivity index (χ3n) is 6.58. The van der Waals surface area contributed by atoms with Gasteiger partial charge in [0.1, 0.15) is 6.54 Å². The quantitative estimate of drug-likeness (QED) is 0.438. The molecule has 0 bridgehead atoms. The molecule has 2 fully saturated rings. The number of hydrogen-bond acceptors (Lipinski definition) is 4. The summed E-state index contributed by atoms with van der Waals surface area (Å²) in [7, 11) is 0. The molecular formula is C25H24Cl2N2O4. The van der Waals surface area contributed by atoms with Crippen LogP contribution in [0.15, 0.2) is 36.4 Å². The first-order valence-electron chi connectivity index (χ1n) is 10.9. The second kappa shape index (κ2) is 9.27. The van der Waals surface area contributed by atoms with Crippen LogP contribution in [0, 0.1) is 25.7 Å². The van der Waals surface area contributed by atoms with E-state index < -0.39 is 36.1 Å². The maximum Gasteiger partial charge on any atom is 0.274 e. The van der Waals surface area contributed by atoms with Crippen LogP contribution >= 0.6 is 23.2 Å². The summed E-state index contributed by atoms with van der Waals surface area (Å²) in [5.41, 5.74) is 2.42. The topological polar surface area (TPSA) is 74.8 Å². The van der Waals surface area contributed by atoms with Gasteiger partial charge in [-0.3, -0.25) is 19.2 Å². The molecule has 8 heteroatoms. The summed E-state index contributed by atoms with van der Waals surface area (Å²) >= 11 is 12.2. The maximum absolute atomic E-state index is 13.5. The van der Waals surface area contributed by atoms with Crippen molar-refractivity contribution in [2.75, 3.05) is 6.54 Å². The standard InChI is InChI=1S/C25H24Cl2N2O4/c1-14-7-8-16(11-15(14)2)22(30)13-28(23(31)20-10-9-17(26)12-21(20)27)29-24(32)18-5-3-4-6-19(18)25(29)33/h7-12,18-19H,3-6,13H2,1-2H3/t18-,19+. The molecule has 2 atom stereocenters. The van der Waals surface area contributed by atoms with E-state index in [0.717, 1.165) is 34.0 Å². The zero-order chi connectivity index (χ0) is 23.9. The zero-order valence-electron chi connectivity index (χ0n) is 18.4. The first-order chi connectivity index (χ1) is 15.7. The summed E-state index contributed by atoms with van der Waals surface area (Å²) in [6.45, 7) is 3.36. The van der Waals surface area contributed by atoms with Gasteiger partial charge in [-0.1, -0.05) is 48.2 Å². The summed E-state index contributed by atoms with van der Waals surface area (Å²) in [4.78, 5) is 53.2. The largest absolute Gasteiger partial charge is 0.292 e. The fourth-order valence-electron chi connectivity index (χ4n) is 4.56. The fourth-order valence-corrected chi connectivity index (χ4v) is 5.05. The van der Waals surface area contributed by atoms with Crippen molar-refractivity contribution in [1.82, 2.24) is 10.0 Å². The van der Waals surface area contributed by atoms with Crippen molar-refractivity contribution in [2.24, 2.45) is 11.8 Å². The number of hydrazine groups is 1. The molecule has 1 aliphatic heterocycles. The number of fused-ring (bicyclic) bond motifs is 1. The second-order valence-electron chi connectivity index (χ2n) is 8.69. The van der Waals surface area contributed by atoms with E-state index >= 15 is 0 Å². The van der Waals surface area contributed by atoms with Gasteiger partial charge in [-0.25, -0.2) is 5.01 Å². The van der Waals surface area contributed by atoms with Crippen LogP contribution in [0.3, 0.4) is 0 Å². The van der Waals surface area contributed by atoms with Crippen LogP contribution < -0.4 is 0 Å². The van der Waals surface area contributed by atoms with Crippen molar-refractivity contribution >= 4 is 46.7 Å². The van der Waals surface area contributed by atoms with Gasteiger partial charge in [-0.05, 0) is 62.1 Å². The van der Waals surface area contributed by atoms with E-state index in [4.69, 9.17) is 23.2 Å². The second-order valence-corrected chi connectivity index (χ2v) is 9.54. The lowest BCUT2D eigenvalue weighted by Gasteiger charge is -2.30. The predicted octanol–water partition coefficient (Wildman–Crippen LogP) is 5.03. The van der Waals surface area contributed by atoms with Crippen molar-refractivity contribution in [3.8, 4) is 0 Å². The number of halogens is 2. The summed E-state index contributed by atoms with van der Waals surface area (Å²) in [6.07, 6.45) is 2.90. The highest BCUT2D eigenvalue weighted by Crippen LogP contribution is 2.39. The normalized spacial score (nSPS) is 20.1. The van der Waals surface area contributed by atoms with Crippen LogP contribution in [0.5, 0.6) is 0 Å². The number of carbonyl (C=O) groups excluding carboxylic acids is 4. The Morgan fingerprint density at radius 1 is 0.939 bits per heavy atom. The monoisotopic (exact) mass is 486 g/mol. The predicted molar refractivity (Wildman–Crippen MR) is 125 cm³/mol. The third kappa shape index (κ3) is 4.42. The lowest BCUT2D eigenvalue weighted by atomic mass is 9.81. The number of aryl methyl sites for hydroxylation is 2. The Labute approximate surface area is 202 Å². The molecule has 2 aromatic carbocycles. The Bertz CT molecular complexity index is 1140. The van der Waals surface area contributed by atoms with E-state index in [9.17, 15) is 19.2 Å².